The third-order valence-electron chi connectivity index (χ3n) is 4.76. The number of carbonyl (C=O) groups is 1. The number of amides is 1. The molecule has 0 aliphatic carbocycles. The number of oxazole rings is 1. The van der Waals surface area contributed by atoms with E-state index >= 15 is 0 Å². The summed E-state index contributed by atoms with van der Waals surface area (Å²) in [6.45, 7) is 4.01. The number of hydrogen-bond donors (Lipinski definition) is 2. The number of para-hydroxylation sites is 2. The van der Waals surface area contributed by atoms with Crippen LogP contribution in [-0.4, -0.2) is 30.2 Å². The number of anilines is 1. The van der Waals surface area contributed by atoms with E-state index in [1.54, 1.807) is 31.2 Å². The Bertz CT molecular complexity index is 1000. The summed E-state index contributed by atoms with van der Waals surface area (Å²) in [4.78, 5) is 24.8. The van der Waals surface area contributed by atoms with Gasteiger partial charge < -0.3 is 19.8 Å². The molecule has 0 bridgehead atoms. The largest absolute Gasteiger partial charge is 0.420 e. The lowest BCUT2D eigenvalue weighted by Crippen LogP contribution is -2.33. The summed E-state index contributed by atoms with van der Waals surface area (Å²) in [6, 6.07) is 13.9. The van der Waals surface area contributed by atoms with Crippen LogP contribution in [0.3, 0.4) is 0 Å². The molecule has 4 rings (SSSR count). The topological polar surface area (TPSA) is 85.5 Å². The van der Waals surface area contributed by atoms with Gasteiger partial charge in [-0.25, -0.2) is 4.79 Å². The normalized spacial score (nSPS) is 18.3. The molecule has 0 radical (unpaired) electrons. The summed E-state index contributed by atoms with van der Waals surface area (Å²) >= 11 is 0. The summed E-state index contributed by atoms with van der Waals surface area (Å²) in [5, 5.41) is 6.15. The SMILES string of the molecule is CC(C(=O)Nc1ccc(C2CNCCO2)cc1)n1c(=O)oc2ccccc21. The first kappa shape index (κ1) is 17.5. The molecule has 2 unspecified atom stereocenters. The van der Waals surface area contributed by atoms with E-state index in [4.69, 9.17) is 9.15 Å². The summed E-state index contributed by atoms with van der Waals surface area (Å²) in [5.41, 5.74) is 2.79. The number of nitrogens with one attached hydrogen (secondary N) is 2. The molecule has 2 atom stereocenters. The van der Waals surface area contributed by atoms with Crippen molar-refractivity contribution < 1.29 is 13.9 Å². The quantitative estimate of drug-likeness (QED) is 0.740. The van der Waals surface area contributed by atoms with Gasteiger partial charge in [-0.05, 0) is 36.8 Å². The molecule has 3 aromatic rings. The van der Waals surface area contributed by atoms with Gasteiger partial charge in [-0.3, -0.25) is 9.36 Å². The van der Waals surface area contributed by atoms with Crippen molar-refractivity contribution in [2.45, 2.75) is 19.1 Å². The molecule has 140 valence electrons. The second kappa shape index (κ2) is 7.38. The van der Waals surface area contributed by atoms with Crippen molar-refractivity contribution in [1.82, 2.24) is 9.88 Å². The Morgan fingerprint density at radius 1 is 1.22 bits per heavy atom. The third-order valence-corrected chi connectivity index (χ3v) is 4.76. The predicted octanol–water partition coefficient (Wildman–Crippen LogP) is 2.46. The van der Waals surface area contributed by atoms with Gasteiger partial charge in [0.1, 0.15) is 6.04 Å². The van der Waals surface area contributed by atoms with Gasteiger partial charge in [0, 0.05) is 18.8 Å². The molecule has 0 spiro atoms. The number of morpholine rings is 1. The first-order valence-corrected chi connectivity index (χ1v) is 8.97. The number of aromatic nitrogens is 1. The first-order chi connectivity index (χ1) is 13.1. The van der Waals surface area contributed by atoms with Crippen LogP contribution in [-0.2, 0) is 9.53 Å². The van der Waals surface area contributed by atoms with Crippen molar-refractivity contribution in [3.05, 3.63) is 64.6 Å². The number of nitrogens with zero attached hydrogens (tertiary/aromatic N) is 1. The molecule has 2 heterocycles. The number of ether oxygens (including phenoxy) is 1. The van der Waals surface area contributed by atoms with Crippen LogP contribution in [0.4, 0.5) is 5.69 Å². The predicted molar refractivity (Wildman–Crippen MR) is 102 cm³/mol. The molecule has 7 heteroatoms. The molecule has 7 nitrogen and oxygen atoms in total. The highest BCUT2D eigenvalue weighted by Gasteiger charge is 2.21. The van der Waals surface area contributed by atoms with E-state index in [-0.39, 0.29) is 12.0 Å². The molecule has 1 aliphatic rings. The van der Waals surface area contributed by atoms with Crippen LogP contribution >= 0.6 is 0 Å². The van der Waals surface area contributed by atoms with Crippen LogP contribution in [0.15, 0.2) is 57.7 Å². The Kier molecular flexibility index (Phi) is 4.79. The minimum atomic E-state index is -0.702. The maximum Gasteiger partial charge on any atom is 0.420 e. The van der Waals surface area contributed by atoms with Crippen molar-refractivity contribution >= 4 is 22.7 Å². The van der Waals surface area contributed by atoms with Crippen molar-refractivity contribution in [3.63, 3.8) is 0 Å². The van der Waals surface area contributed by atoms with Gasteiger partial charge in [-0.2, -0.15) is 0 Å². The second-order valence-corrected chi connectivity index (χ2v) is 6.56. The van der Waals surface area contributed by atoms with E-state index in [0.29, 0.717) is 23.4 Å². The average molecular weight is 367 g/mol. The Balaban J connectivity index is 1.49. The van der Waals surface area contributed by atoms with Crippen LogP contribution in [0.2, 0.25) is 0 Å². The van der Waals surface area contributed by atoms with Gasteiger partial charge in [0.2, 0.25) is 5.91 Å². The van der Waals surface area contributed by atoms with Gasteiger partial charge in [0.05, 0.1) is 18.2 Å². The van der Waals surface area contributed by atoms with E-state index in [9.17, 15) is 9.59 Å². The van der Waals surface area contributed by atoms with Crippen LogP contribution in [0.1, 0.15) is 24.6 Å². The summed E-state index contributed by atoms with van der Waals surface area (Å²) in [5.74, 6) is -0.830. The van der Waals surface area contributed by atoms with Gasteiger partial charge in [-0.1, -0.05) is 24.3 Å². The first-order valence-electron chi connectivity index (χ1n) is 8.97. The molecule has 2 N–H and O–H groups in total. The van der Waals surface area contributed by atoms with E-state index < -0.39 is 11.8 Å². The van der Waals surface area contributed by atoms with Crippen LogP contribution in [0.25, 0.3) is 11.1 Å². The van der Waals surface area contributed by atoms with Crippen molar-refractivity contribution in [3.8, 4) is 0 Å². The summed E-state index contributed by atoms with van der Waals surface area (Å²) in [6.07, 6.45) is 0.0262. The second-order valence-electron chi connectivity index (χ2n) is 6.56. The highest BCUT2D eigenvalue weighted by molar-refractivity contribution is 5.94. The molecule has 27 heavy (non-hydrogen) atoms. The zero-order chi connectivity index (χ0) is 18.8. The molecule has 1 saturated heterocycles. The molecular formula is C20H21N3O4. The van der Waals surface area contributed by atoms with E-state index in [1.807, 2.05) is 24.3 Å². The molecule has 0 saturated carbocycles. The molecule has 1 aliphatic heterocycles. The molecule has 1 fully saturated rings. The Morgan fingerprint density at radius 2 is 2.00 bits per heavy atom. The Labute approximate surface area is 155 Å². The number of carbonyl (C=O) groups excluding carboxylic acids is 1. The monoisotopic (exact) mass is 367 g/mol. The number of benzene rings is 2. The number of fused-ring (bicyclic) bond motifs is 1. The van der Waals surface area contributed by atoms with Gasteiger partial charge in [0.25, 0.3) is 0 Å². The number of hydrogen-bond acceptors (Lipinski definition) is 5. The lowest BCUT2D eigenvalue weighted by atomic mass is 10.1. The molecule has 2 aromatic carbocycles. The maximum absolute atomic E-state index is 12.6. The van der Waals surface area contributed by atoms with Gasteiger partial charge in [0.15, 0.2) is 5.58 Å². The zero-order valence-corrected chi connectivity index (χ0v) is 15.0. The van der Waals surface area contributed by atoms with Crippen molar-refractivity contribution in [2.75, 3.05) is 25.0 Å². The highest BCUT2D eigenvalue weighted by Crippen LogP contribution is 2.22. The molecule has 1 amide bonds. The molecular weight excluding hydrogens is 346 g/mol. The average Bonchev–Trinajstić information content (AvgIpc) is 3.04. The fourth-order valence-electron chi connectivity index (χ4n) is 3.28. The minimum absolute atomic E-state index is 0.0262. The Hall–Kier alpha value is -2.90. The zero-order valence-electron chi connectivity index (χ0n) is 15.0. The van der Waals surface area contributed by atoms with E-state index in [2.05, 4.69) is 10.6 Å². The fourth-order valence-corrected chi connectivity index (χ4v) is 3.28. The number of rotatable bonds is 4. The van der Waals surface area contributed by atoms with Gasteiger partial charge in [-0.15, -0.1) is 0 Å². The van der Waals surface area contributed by atoms with Crippen molar-refractivity contribution in [2.24, 2.45) is 0 Å². The molecule has 1 aromatic heterocycles. The standard InChI is InChI=1S/C20H21N3O4/c1-13(23-16-4-2-3-5-17(16)27-20(23)25)19(24)22-15-8-6-14(7-9-15)18-12-21-10-11-26-18/h2-9,13,18,21H,10-12H2,1H3,(H,22,24). The smallest absolute Gasteiger partial charge is 0.408 e. The van der Waals surface area contributed by atoms with E-state index in [0.717, 1.165) is 18.7 Å². The fraction of sp³-hybridized carbons (Fsp3) is 0.300. The third kappa shape index (κ3) is 3.51. The van der Waals surface area contributed by atoms with Crippen LogP contribution in [0, 0.1) is 0 Å². The summed E-state index contributed by atoms with van der Waals surface area (Å²) < 4.78 is 12.3. The van der Waals surface area contributed by atoms with Crippen molar-refractivity contribution in [1.29, 1.82) is 0 Å². The summed E-state index contributed by atoms with van der Waals surface area (Å²) in [7, 11) is 0. The van der Waals surface area contributed by atoms with Gasteiger partial charge >= 0.3 is 5.76 Å². The highest BCUT2D eigenvalue weighted by atomic mass is 16.5. The lowest BCUT2D eigenvalue weighted by molar-refractivity contribution is -0.118. The lowest BCUT2D eigenvalue weighted by Gasteiger charge is -2.24. The van der Waals surface area contributed by atoms with E-state index in [1.165, 1.54) is 4.57 Å². The van der Waals surface area contributed by atoms with Crippen LogP contribution < -0.4 is 16.4 Å². The minimum Gasteiger partial charge on any atom is -0.408 e. The maximum atomic E-state index is 12.6. The Morgan fingerprint density at radius 3 is 2.74 bits per heavy atom. The van der Waals surface area contributed by atoms with Crippen LogP contribution in [0.5, 0.6) is 0 Å².